The normalized spacial score (nSPS) is 47.3. The molecule has 2 saturated carbocycles. The maximum absolute atomic E-state index is 11.7. The second kappa shape index (κ2) is 2.13. The molecule has 2 heteroatoms. The van der Waals surface area contributed by atoms with Crippen molar-refractivity contribution in [3.63, 3.8) is 0 Å². The number of carbonyl (C=O) groups excluding carboxylic acids is 1. The van der Waals surface area contributed by atoms with Crippen LogP contribution in [-0.2, 0) is 9.53 Å². The summed E-state index contributed by atoms with van der Waals surface area (Å²) in [5, 5.41) is 0. The summed E-state index contributed by atoms with van der Waals surface area (Å²) < 4.78 is 5.43. The van der Waals surface area contributed by atoms with Crippen LogP contribution in [0.3, 0.4) is 0 Å². The van der Waals surface area contributed by atoms with Crippen molar-refractivity contribution in [1.82, 2.24) is 0 Å². The van der Waals surface area contributed by atoms with E-state index in [0.29, 0.717) is 17.8 Å². The van der Waals surface area contributed by atoms with E-state index in [4.69, 9.17) is 4.74 Å². The van der Waals surface area contributed by atoms with E-state index in [9.17, 15) is 4.79 Å². The van der Waals surface area contributed by atoms with Crippen LogP contribution in [0.2, 0.25) is 0 Å². The molecule has 2 nitrogen and oxygen atoms in total. The molecule has 4 aliphatic rings. The van der Waals surface area contributed by atoms with Gasteiger partial charge in [0.05, 0.1) is 5.92 Å². The third-order valence-electron chi connectivity index (χ3n) is 4.09. The number of fused-ring (bicyclic) bond motifs is 5. The fourth-order valence-electron chi connectivity index (χ4n) is 3.36. The molecular formula is C12H12O2. The number of allylic oxidation sites excluding steroid dienone is 4. The minimum absolute atomic E-state index is 0.0428. The first-order valence-corrected chi connectivity index (χ1v) is 5.46. The van der Waals surface area contributed by atoms with Gasteiger partial charge in [-0.3, -0.25) is 4.79 Å². The van der Waals surface area contributed by atoms with Crippen LogP contribution >= 0.6 is 0 Å². The molecule has 0 aromatic carbocycles. The lowest BCUT2D eigenvalue weighted by Gasteiger charge is -2.15. The highest BCUT2D eigenvalue weighted by Crippen LogP contribution is 2.57. The van der Waals surface area contributed by atoms with Crippen LogP contribution in [0.4, 0.5) is 0 Å². The molecule has 1 aliphatic heterocycles. The van der Waals surface area contributed by atoms with E-state index in [1.54, 1.807) is 0 Å². The molecule has 0 amide bonds. The van der Waals surface area contributed by atoms with Crippen molar-refractivity contribution in [2.75, 3.05) is 0 Å². The number of esters is 1. The quantitative estimate of drug-likeness (QED) is 0.429. The van der Waals surface area contributed by atoms with Crippen molar-refractivity contribution < 1.29 is 9.53 Å². The van der Waals surface area contributed by atoms with Gasteiger partial charge in [0.1, 0.15) is 5.76 Å². The third-order valence-corrected chi connectivity index (χ3v) is 4.09. The smallest absolute Gasteiger partial charge is 0.315 e. The lowest BCUT2D eigenvalue weighted by atomic mass is 9.83. The molecule has 3 aliphatic carbocycles. The molecule has 2 bridgehead atoms. The Bertz CT molecular complexity index is 385. The molecule has 4 atom stereocenters. The van der Waals surface area contributed by atoms with Gasteiger partial charge in [-0.2, -0.15) is 0 Å². The first-order valence-electron chi connectivity index (χ1n) is 5.46. The number of hydrogen-bond acceptors (Lipinski definition) is 2. The third kappa shape index (κ3) is 0.715. The fourth-order valence-corrected chi connectivity index (χ4v) is 3.36. The highest BCUT2D eigenvalue weighted by molar-refractivity contribution is 5.79. The van der Waals surface area contributed by atoms with Crippen LogP contribution in [0.5, 0.6) is 0 Å². The Morgan fingerprint density at radius 1 is 1.14 bits per heavy atom. The van der Waals surface area contributed by atoms with Gasteiger partial charge in [0.15, 0.2) is 0 Å². The maximum atomic E-state index is 11.7. The predicted molar refractivity (Wildman–Crippen MR) is 50.1 cm³/mol. The van der Waals surface area contributed by atoms with E-state index in [0.717, 1.165) is 18.6 Å². The zero-order chi connectivity index (χ0) is 9.28. The molecule has 4 rings (SSSR count). The lowest BCUT2D eigenvalue weighted by Crippen LogP contribution is -2.19. The number of carbonyl (C=O) groups is 1. The summed E-state index contributed by atoms with van der Waals surface area (Å²) in [7, 11) is 0. The second-order valence-electron chi connectivity index (χ2n) is 4.89. The molecule has 3 fully saturated rings. The van der Waals surface area contributed by atoms with Crippen molar-refractivity contribution in [2.45, 2.75) is 19.3 Å². The van der Waals surface area contributed by atoms with Crippen molar-refractivity contribution in [2.24, 2.45) is 23.7 Å². The van der Waals surface area contributed by atoms with Crippen LogP contribution < -0.4 is 0 Å². The molecule has 0 aromatic rings. The van der Waals surface area contributed by atoms with Crippen molar-refractivity contribution in [3.8, 4) is 0 Å². The van der Waals surface area contributed by atoms with Gasteiger partial charge in [0.2, 0.25) is 0 Å². The Morgan fingerprint density at radius 2 is 1.86 bits per heavy atom. The summed E-state index contributed by atoms with van der Waals surface area (Å²) in [4.78, 5) is 11.7. The van der Waals surface area contributed by atoms with Crippen LogP contribution in [0.1, 0.15) is 19.3 Å². The van der Waals surface area contributed by atoms with Gasteiger partial charge in [-0.15, -0.1) is 0 Å². The van der Waals surface area contributed by atoms with Gasteiger partial charge < -0.3 is 4.74 Å². The Balaban J connectivity index is 1.85. The highest BCUT2D eigenvalue weighted by Gasteiger charge is 2.56. The number of rotatable bonds is 0. The molecule has 14 heavy (non-hydrogen) atoms. The Hall–Kier alpha value is -1.05. The largest absolute Gasteiger partial charge is 0.431 e. The van der Waals surface area contributed by atoms with Crippen molar-refractivity contribution >= 4 is 5.97 Å². The lowest BCUT2D eigenvalue weighted by molar-refractivity contribution is -0.139. The molecule has 0 N–H and O–H groups in total. The Kier molecular flexibility index (Phi) is 1.10. The average molecular weight is 188 g/mol. The summed E-state index contributed by atoms with van der Waals surface area (Å²) in [5.74, 6) is 2.79. The summed E-state index contributed by atoms with van der Waals surface area (Å²) in [6.07, 6.45) is 8.01. The molecule has 1 heterocycles. The van der Waals surface area contributed by atoms with Gasteiger partial charge in [0, 0.05) is 5.92 Å². The molecular weight excluding hydrogens is 176 g/mol. The van der Waals surface area contributed by atoms with Gasteiger partial charge in [0.25, 0.3) is 0 Å². The van der Waals surface area contributed by atoms with E-state index in [-0.39, 0.29) is 11.9 Å². The van der Waals surface area contributed by atoms with Crippen LogP contribution in [0, 0.1) is 23.7 Å². The van der Waals surface area contributed by atoms with E-state index in [2.05, 4.69) is 12.2 Å². The van der Waals surface area contributed by atoms with E-state index in [1.807, 2.05) is 0 Å². The monoisotopic (exact) mass is 188 g/mol. The first-order chi connectivity index (χ1) is 6.84. The molecule has 0 spiro atoms. The Morgan fingerprint density at radius 3 is 2.57 bits per heavy atom. The molecule has 0 aromatic heterocycles. The first kappa shape index (κ1) is 7.27. The summed E-state index contributed by atoms with van der Waals surface area (Å²) in [6, 6.07) is 0. The van der Waals surface area contributed by atoms with Crippen LogP contribution in [0.15, 0.2) is 23.5 Å². The zero-order valence-electron chi connectivity index (χ0n) is 7.90. The van der Waals surface area contributed by atoms with Crippen LogP contribution in [-0.4, -0.2) is 5.97 Å². The predicted octanol–water partition coefficient (Wildman–Crippen LogP) is 2.03. The molecule has 0 radical (unpaired) electrons. The van der Waals surface area contributed by atoms with Gasteiger partial charge in [-0.05, 0) is 36.7 Å². The topological polar surface area (TPSA) is 26.3 Å². The average Bonchev–Trinajstić information content (AvgIpc) is 2.69. The summed E-state index contributed by atoms with van der Waals surface area (Å²) >= 11 is 0. The SMILES string of the molecule is O=C1OC(=C2CC2)C2C3C=CC(C3)C12. The molecule has 72 valence electrons. The number of cyclic esters (lactones) is 1. The number of hydrogen-bond donors (Lipinski definition) is 0. The van der Waals surface area contributed by atoms with E-state index in [1.165, 1.54) is 12.0 Å². The fraction of sp³-hybridized carbons (Fsp3) is 0.583. The van der Waals surface area contributed by atoms with Crippen molar-refractivity contribution in [3.05, 3.63) is 23.5 Å². The molecule has 1 saturated heterocycles. The summed E-state index contributed by atoms with van der Waals surface area (Å²) in [5.41, 5.74) is 1.41. The standard InChI is InChI=1S/C12H12O2/c13-12-10-8-4-3-7(5-8)9(10)11(14-12)6-1-2-6/h3-4,7-10H,1-2,5H2. The summed E-state index contributed by atoms with van der Waals surface area (Å²) in [6.45, 7) is 0. The minimum atomic E-state index is 0.0428. The van der Waals surface area contributed by atoms with E-state index < -0.39 is 0 Å². The van der Waals surface area contributed by atoms with Gasteiger partial charge >= 0.3 is 5.97 Å². The van der Waals surface area contributed by atoms with Crippen LogP contribution in [0.25, 0.3) is 0 Å². The van der Waals surface area contributed by atoms with E-state index >= 15 is 0 Å². The van der Waals surface area contributed by atoms with Crippen molar-refractivity contribution in [1.29, 1.82) is 0 Å². The van der Waals surface area contributed by atoms with Gasteiger partial charge in [-0.25, -0.2) is 0 Å². The molecule has 4 unspecified atom stereocenters. The van der Waals surface area contributed by atoms with Gasteiger partial charge in [-0.1, -0.05) is 12.2 Å². The highest BCUT2D eigenvalue weighted by atomic mass is 16.5. The Labute approximate surface area is 82.6 Å². The second-order valence-corrected chi connectivity index (χ2v) is 4.89. The number of ether oxygens (including phenoxy) is 1. The minimum Gasteiger partial charge on any atom is -0.431 e. The zero-order valence-corrected chi connectivity index (χ0v) is 7.90. The maximum Gasteiger partial charge on any atom is 0.315 e.